The highest BCUT2D eigenvalue weighted by Crippen LogP contribution is 2.34. The summed E-state index contributed by atoms with van der Waals surface area (Å²) in [5.74, 6) is 0.755. The number of rotatable bonds is 8. The number of benzene rings is 1. The zero-order valence-electron chi connectivity index (χ0n) is 17.1. The van der Waals surface area contributed by atoms with Gasteiger partial charge < -0.3 is 4.74 Å². The van der Waals surface area contributed by atoms with Crippen molar-refractivity contribution in [3.63, 3.8) is 0 Å². The van der Waals surface area contributed by atoms with E-state index in [-0.39, 0.29) is 0 Å². The molecule has 0 amide bonds. The molecule has 5 nitrogen and oxygen atoms in total. The van der Waals surface area contributed by atoms with Crippen LogP contribution in [-0.2, 0) is 11.5 Å². The van der Waals surface area contributed by atoms with Crippen molar-refractivity contribution in [3.8, 4) is 22.6 Å². The average Bonchev–Trinajstić information content (AvgIpc) is 3.03. The van der Waals surface area contributed by atoms with Gasteiger partial charge in [-0.1, -0.05) is 43.4 Å². The number of halogens is 3. The topological polar surface area (TPSA) is 52.8 Å². The third-order valence-corrected chi connectivity index (χ3v) is 6.81. The van der Waals surface area contributed by atoms with Crippen molar-refractivity contribution < 1.29 is 4.74 Å². The minimum Gasteiger partial charge on any atom is -0.361 e. The van der Waals surface area contributed by atoms with Gasteiger partial charge in [-0.05, 0) is 56.1 Å². The van der Waals surface area contributed by atoms with Crippen LogP contribution >= 0.6 is 43.5 Å². The number of nitrogens with zero attached hydrogens (tertiary/aromatic N) is 4. The molecule has 0 aliphatic rings. The molecule has 30 heavy (non-hydrogen) atoms. The lowest BCUT2D eigenvalue weighted by Gasteiger charge is -2.17. The monoisotopic (exact) mass is 568 g/mol. The van der Waals surface area contributed by atoms with Crippen molar-refractivity contribution in [1.29, 1.82) is 0 Å². The van der Waals surface area contributed by atoms with Crippen LogP contribution < -0.4 is 0 Å². The van der Waals surface area contributed by atoms with Crippen LogP contribution in [0.1, 0.15) is 5.82 Å². The fourth-order valence-corrected chi connectivity index (χ4v) is 4.13. The summed E-state index contributed by atoms with van der Waals surface area (Å²) in [5.41, 5.74) is 3.42. The van der Waals surface area contributed by atoms with Crippen LogP contribution in [-0.4, -0.2) is 34.2 Å². The molecule has 0 fully saturated rings. The van der Waals surface area contributed by atoms with Crippen LogP contribution in [0.3, 0.4) is 0 Å². The largest absolute Gasteiger partial charge is 0.361 e. The Bertz CT molecular complexity index is 1010. The minimum atomic E-state index is -1.18. The molecule has 0 unspecified atom stereocenters. The SMILES string of the molecule is C[Si](C)(C)CCOCn1c(C=C(Br)Br)nc(-c2ccc(Cl)cc2)c1-c1ccncn1. The van der Waals surface area contributed by atoms with Crippen molar-refractivity contribution in [2.24, 2.45) is 0 Å². The summed E-state index contributed by atoms with van der Waals surface area (Å²) in [7, 11) is -1.18. The molecule has 3 aromatic rings. The lowest BCUT2D eigenvalue weighted by Crippen LogP contribution is -2.22. The maximum absolute atomic E-state index is 6.10. The van der Waals surface area contributed by atoms with Gasteiger partial charge in [0.15, 0.2) is 0 Å². The molecule has 0 bridgehead atoms. The van der Waals surface area contributed by atoms with E-state index in [9.17, 15) is 0 Å². The highest BCUT2D eigenvalue weighted by atomic mass is 79.9. The van der Waals surface area contributed by atoms with E-state index >= 15 is 0 Å². The molecule has 0 N–H and O–H groups in total. The maximum atomic E-state index is 6.10. The molecule has 2 aromatic heterocycles. The van der Waals surface area contributed by atoms with Gasteiger partial charge in [-0.25, -0.2) is 15.0 Å². The van der Waals surface area contributed by atoms with E-state index in [1.807, 2.05) is 41.0 Å². The van der Waals surface area contributed by atoms with E-state index in [1.54, 1.807) is 12.5 Å². The van der Waals surface area contributed by atoms with E-state index < -0.39 is 8.07 Å². The lowest BCUT2D eigenvalue weighted by molar-refractivity contribution is 0.0877. The Morgan fingerprint density at radius 3 is 2.50 bits per heavy atom. The van der Waals surface area contributed by atoms with Crippen molar-refractivity contribution in [2.75, 3.05) is 6.61 Å². The second-order valence-corrected chi connectivity index (χ2v) is 16.8. The van der Waals surface area contributed by atoms with Gasteiger partial charge in [0.05, 0.1) is 20.5 Å². The second kappa shape index (κ2) is 10.3. The molecule has 0 aliphatic carbocycles. The normalized spacial score (nSPS) is 11.5. The fraction of sp³-hybridized carbons (Fsp3) is 0.286. The first-order valence-electron chi connectivity index (χ1n) is 9.48. The van der Waals surface area contributed by atoms with Crippen molar-refractivity contribution in [2.45, 2.75) is 32.4 Å². The summed E-state index contributed by atoms with van der Waals surface area (Å²) in [6, 6.07) is 10.6. The molecule has 158 valence electrons. The van der Waals surface area contributed by atoms with Crippen molar-refractivity contribution >= 4 is 57.6 Å². The van der Waals surface area contributed by atoms with Gasteiger partial charge in [-0.15, -0.1) is 0 Å². The third kappa shape index (κ3) is 6.34. The number of aromatic nitrogens is 4. The Morgan fingerprint density at radius 1 is 1.17 bits per heavy atom. The predicted molar refractivity (Wildman–Crippen MR) is 134 cm³/mol. The number of hydrogen-bond acceptors (Lipinski definition) is 4. The predicted octanol–water partition coefficient (Wildman–Crippen LogP) is 7.06. The first kappa shape index (κ1) is 23.3. The lowest BCUT2D eigenvalue weighted by atomic mass is 10.1. The molecule has 0 saturated carbocycles. The van der Waals surface area contributed by atoms with Gasteiger partial charge in [0, 0.05) is 37.5 Å². The first-order chi connectivity index (χ1) is 14.2. The van der Waals surface area contributed by atoms with Crippen LogP contribution in [0.15, 0.2) is 46.2 Å². The molecule has 0 saturated heterocycles. The number of imidazole rings is 1. The molecular formula is C21H23Br2ClN4OSi. The number of hydrogen-bond donors (Lipinski definition) is 0. The summed E-state index contributed by atoms with van der Waals surface area (Å²) < 4.78 is 8.91. The van der Waals surface area contributed by atoms with Crippen LogP contribution in [0.4, 0.5) is 0 Å². The number of ether oxygens (including phenoxy) is 1. The Hall–Kier alpha value is -1.32. The van der Waals surface area contributed by atoms with E-state index in [2.05, 4.69) is 61.5 Å². The Kier molecular flexibility index (Phi) is 8.03. The molecule has 2 heterocycles. The summed E-state index contributed by atoms with van der Waals surface area (Å²) >= 11 is 13.0. The average molecular weight is 571 g/mol. The highest BCUT2D eigenvalue weighted by molar-refractivity contribution is 9.28. The Labute approximate surface area is 199 Å². The van der Waals surface area contributed by atoms with Gasteiger partial charge in [-0.2, -0.15) is 0 Å². The summed E-state index contributed by atoms with van der Waals surface area (Å²) in [4.78, 5) is 13.4. The van der Waals surface area contributed by atoms with Gasteiger partial charge in [0.25, 0.3) is 0 Å². The fourth-order valence-electron chi connectivity index (χ4n) is 2.84. The highest BCUT2D eigenvalue weighted by Gasteiger charge is 2.21. The van der Waals surface area contributed by atoms with Crippen molar-refractivity contribution in [3.05, 3.63) is 57.1 Å². The maximum Gasteiger partial charge on any atom is 0.137 e. The molecule has 0 aliphatic heterocycles. The smallest absolute Gasteiger partial charge is 0.137 e. The summed E-state index contributed by atoms with van der Waals surface area (Å²) in [6.07, 6.45) is 5.18. The van der Waals surface area contributed by atoms with Crippen LogP contribution in [0, 0.1) is 0 Å². The molecule has 1 aromatic carbocycles. The first-order valence-corrected chi connectivity index (χ1v) is 15.1. The van der Waals surface area contributed by atoms with E-state index in [4.69, 9.17) is 21.3 Å². The van der Waals surface area contributed by atoms with Crippen LogP contribution in [0.2, 0.25) is 30.7 Å². The molecule has 9 heteroatoms. The zero-order valence-corrected chi connectivity index (χ0v) is 22.0. The molecule has 0 spiro atoms. The second-order valence-electron chi connectivity index (χ2n) is 7.98. The summed E-state index contributed by atoms with van der Waals surface area (Å²) in [6.45, 7) is 8.12. The van der Waals surface area contributed by atoms with Crippen molar-refractivity contribution in [1.82, 2.24) is 19.5 Å². The van der Waals surface area contributed by atoms with Gasteiger partial charge in [-0.3, -0.25) is 4.57 Å². The Balaban J connectivity index is 2.09. The standard InChI is InChI=1S/C21H23Br2ClN4OSi/c1-30(2,3)11-10-29-14-28-19(12-18(22)23)27-20(15-4-6-16(24)7-5-15)21(28)17-8-9-25-13-26-17/h4-9,12-13H,10-11,14H2,1-3H3. The molecule has 3 rings (SSSR count). The minimum absolute atomic E-state index is 0.378. The van der Waals surface area contributed by atoms with Gasteiger partial charge in [0.1, 0.15) is 18.9 Å². The van der Waals surface area contributed by atoms with Gasteiger partial charge in [0.2, 0.25) is 0 Å². The van der Waals surface area contributed by atoms with Crippen LogP contribution in [0.5, 0.6) is 0 Å². The van der Waals surface area contributed by atoms with E-state index in [0.29, 0.717) is 18.4 Å². The van der Waals surface area contributed by atoms with E-state index in [1.165, 1.54) is 0 Å². The molecule has 0 radical (unpaired) electrons. The molecular weight excluding hydrogens is 548 g/mol. The zero-order chi connectivity index (χ0) is 21.7. The Morgan fingerprint density at radius 2 is 1.90 bits per heavy atom. The van der Waals surface area contributed by atoms with Gasteiger partial charge >= 0.3 is 0 Å². The summed E-state index contributed by atoms with van der Waals surface area (Å²) in [5, 5.41) is 0.680. The van der Waals surface area contributed by atoms with E-state index in [0.717, 1.165) is 37.9 Å². The molecule has 0 atom stereocenters. The quantitative estimate of drug-likeness (QED) is 0.215. The van der Waals surface area contributed by atoms with Crippen LogP contribution in [0.25, 0.3) is 28.7 Å². The third-order valence-electron chi connectivity index (χ3n) is 4.39.